The fourth-order valence-corrected chi connectivity index (χ4v) is 1.09. The smallest absolute Gasteiger partial charge is 0.344 e. The second-order valence-electron chi connectivity index (χ2n) is 4.34. The monoisotopic (exact) mass is 224 g/mol. The molecule has 0 unspecified atom stereocenters. The fourth-order valence-electron chi connectivity index (χ4n) is 1.09. The number of para-hydroxylation sites is 2. The van der Waals surface area contributed by atoms with Crippen molar-refractivity contribution in [1.82, 2.24) is 0 Å². The summed E-state index contributed by atoms with van der Waals surface area (Å²) in [6, 6.07) is 6.46. The van der Waals surface area contributed by atoms with Gasteiger partial charge in [-0.2, -0.15) is 0 Å². The van der Waals surface area contributed by atoms with Crippen molar-refractivity contribution in [2.45, 2.75) is 26.4 Å². The lowest BCUT2D eigenvalue weighted by Gasteiger charge is -2.19. The van der Waals surface area contributed by atoms with E-state index in [1.807, 2.05) is 0 Å². The van der Waals surface area contributed by atoms with E-state index < -0.39 is 11.6 Å². The summed E-state index contributed by atoms with van der Waals surface area (Å²) in [5.74, 6) is -0.185. The van der Waals surface area contributed by atoms with Crippen molar-refractivity contribution in [2.24, 2.45) is 0 Å². The summed E-state index contributed by atoms with van der Waals surface area (Å²) in [4.78, 5) is 11.3. The van der Waals surface area contributed by atoms with Gasteiger partial charge in [0.05, 0.1) is 0 Å². The van der Waals surface area contributed by atoms with Crippen LogP contribution in [0.15, 0.2) is 24.3 Å². The highest BCUT2D eigenvalue weighted by atomic mass is 16.6. The Kier molecular flexibility index (Phi) is 3.77. The van der Waals surface area contributed by atoms with E-state index in [1.54, 1.807) is 39.0 Å². The molecule has 0 atom stereocenters. The zero-order valence-electron chi connectivity index (χ0n) is 9.69. The second-order valence-corrected chi connectivity index (χ2v) is 4.34. The summed E-state index contributed by atoms with van der Waals surface area (Å²) in [7, 11) is 0. The molecule has 88 valence electrons. The molecule has 1 rings (SSSR count). The summed E-state index contributed by atoms with van der Waals surface area (Å²) in [5, 5.41) is 9.38. The number of carbonyl (C=O) groups excluding carboxylic acids is 1. The maximum absolute atomic E-state index is 11.3. The average Bonchev–Trinajstić information content (AvgIpc) is 2.14. The minimum Gasteiger partial charge on any atom is -0.504 e. The molecule has 1 N–H and O–H groups in total. The molecule has 0 spiro atoms. The number of ether oxygens (including phenoxy) is 2. The quantitative estimate of drug-likeness (QED) is 0.799. The van der Waals surface area contributed by atoms with E-state index in [-0.39, 0.29) is 18.1 Å². The molecule has 0 aliphatic heterocycles. The normalized spacial score (nSPS) is 10.9. The summed E-state index contributed by atoms with van der Waals surface area (Å²) in [6.45, 7) is 5.13. The highest BCUT2D eigenvalue weighted by Gasteiger charge is 2.16. The summed E-state index contributed by atoms with van der Waals surface area (Å²) in [5.41, 5.74) is -0.529. The topological polar surface area (TPSA) is 55.8 Å². The van der Waals surface area contributed by atoms with E-state index in [1.165, 1.54) is 6.07 Å². The molecule has 0 radical (unpaired) electrons. The highest BCUT2D eigenvalue weighted by Crippen LogP contribution is 2.24. The highest BCUT2D eigenvalue weighted by molar-refractivity contribution is 5.71. The minimum absolute atomic E-state index is 0.00561. The predicted octanol–water partition coefficient (Wildman–Crippen LogP) is 2.11. The molecule has 1 aromatic rings. The molecule has 4 heteroatoms. The number of benzene rings is 1. The lowest BCUT2D eigenvalue weighted by atomic mass is 10.2. The van der Waals surface area contributed by atoms with Crippen LogP contribution in [0.5, 0.6) is 11.5 Å². The first kappa shape index (κ1) is 12.4. The summed E-state index contributed by atoms with van der Waals surface area (Å²) >= 11 is 0. The molecule has 1 aromatic carbocycles. The third kappa shape index (κ3) is 4.21. The first-order valence-electron chi connectivity index (χ1n) is 5.01. The van der Waals surface area contributed by atoms with Gasteiger partial charge in [0, 0.05) is 0 Å². The molecule has 0 amide bonds. The molecule has 0 aliphatic carbocycles. The van der Waals surface area contributed by atoms with Crippen molar-refractivity contribution in [1.29, 1.82) is 0 Å². The van der Waals surface area contributed by atoms with Gasteiger partial charge in [-0.15, -0.1) is 0 Å². The molecule has 0 aromatic heterocycles. The molecule has 0 fully saturated rings. The third-order valence-corrected chi connectivity index (χ3v) is 1.63. The number of esters is 1. The van der Waals surface area contributed by atoms with Crippen LogP contribution >= 0.6 is 0 Å². The third-order valence-electron chi connectivity index (χ3n) is 1.63. The molecule has 0 saturated heterocycles. The van der Waals surface area contributed by atoms with Crippen molar-refractivity contribution in [3.05, 3.63) is 24.3 Å². The summed E-state index contributed by atoms with van der Waals surface area (Å²) < 4.78 is 10.2. The van der Waals surface area contributed by atoms with Gasteiger partial charge in [0.1, 0.15) is 5.60 Å². The van der Waals surface area contributed by atoms with E-state index >= 15 is 0 Å². The Morgan fingerprint density at radius 3 is 2.50 bits per heavy atom. The molecular formula is C12H16O4. The van der Waals surface area contributed by atoms with Gasteiger partial charge < -0.3 is 14.6 Å². The molecule has 0 heterocycles. The van der Waals surface area contributed by atoms with E-state index in [4.69, 9.17) is 9.47 Å². The predicted molar refractivity (Wildman–Crippen MR) is 59.4 cm³/mol. The van der Waals surface area contributed by atoms with Crippen LogP contribution in [-0.4, -0.2) is 23.3 Å². The second kappa shape index (κ2) is 4.88. The van der Waals surface area contributed by atoms with Crippen molar-refractivity contribution in [3.63, 3.8) is 0 Å². The maximum atomic E-state index is 11.3. The Morgan fingerprint density at radius 1 is 1.31 bits per heavy atom. The Balaban J connectivity index is 2.47. The van der Waals surface area contributed by atoms with Gasteiger partial charge in [0.2, 0.25) is 0 Å². The first-order valence-corrected chi connectivity index (χ1v) is 5.01. The van der Waals surface area contributed by atoms with Crippen LogP contribution in [0.4, 0.5) is 0 Å². The van der Waals surface area contributed by atoms with Crippen LogP contribution in [-0.2, 0) is 9.53 Å². The number of rotatable bonds is 3. The molecule has 4 nitrogen and oxygen atoms in total. The Hall–Kier alpha value is -1.71. The zero-order chi connectivity index (χ0) is 12.2. The largest absolute Gasteiger partial charge is 0.504 e. The summed E-state index contributed by atoms with van der Waals surface area (Å²) in [6.07, 6.45) is 0. The van der Waals surface area contributed by atoms with Crippen molar-refractivity contribution >= 4 is 5.97 Å². The lowest BCUT2D eigenvalue weighted by Crippen LogP contribution is -2.27. The zero-order valence-corrected chi connectivity index (χ0v) is 9.69. The Labute approximate surface area is 94.8 Å². The van der Waals surface area contributed by atoms with E-state index in [2.05, 4.69) is 0 Å². The van der Waals surface area contributed by atoms with Gasteiger partial charge in [0.15, 0.2) is 18.1 Å². The number of phenols is 1. The number of carbonyl (C=O) groups is 1. The van der Waals surface area contributed by atoms with Crippen LogP contribution in [0.3, 0.4) is 0 Å². The molecule has 0 aliphatic rings. The Morgan fingerprint density at radius 2 is 1.94 bits per heavy atom. The van der Waals surface area contributed by atoms with Gasteiger partial charge in [0.25, 0.3) is 0 Å². The average molecular weight is 224 g/mol. The molecule has 0 bridgehead atoms. The standard InChI is InChI=1S/C12H16O4/c1-12(2,3)16-11(14)8-15-10-7-5-4-6-9(10)13/h4-7,13H,8H2,1-3H3. The van der Waals surface area contributed by atoms with Crippen molar-refractivity contribution in [3.8, 4) is 11.5 Å². The van der Waals surface area contributed by atoms with Gasteiger partial charge in [-0.25, -0.2) is 4.79 Å². The number of hydrogen-bond acceptors (Lipinski definition) is 4. The van der Waals surface area contributed by atoms with E-state index in [0.717, 1.165) is 0 Å². The fraction of sp³-hybridized carbons (Fsp3) is 0.417. The molecule has 0 saturated carbocycles. The van der Waals surface area contributed by atoms with E-state index in [0.29, 0.717) is 0 Å². The van der Waals surface area contributed by atoms with Crippen molar-refractivity contribution in [2.75, 3.05) is 6.61 Å². The van der Waals surface area contributed by atoms with Crippen LogP contribution in [0, 0.1) is 0 Å². The van der Waals surface area contributed by atoms with Gasteiger partial charge >= 0.3 is 5.97 Å². The minimum atomic E-state index is -0.529. The van der Waals surface area contributed by atoms with Gasteiger partial charge in [-0.1, -0.05) is 12.1 Å². The number of phenolic OH excluding ortho intramolecular Hbond substituents is 1. The maximum Gasteiger partial charge on any atom is 0.344 e. The van der Waals surface area contributed by atoms with E-state index in [9.17, 15) is 9.90 Å². The van der Waals surface area contributed by atoms with Gasteiger partial charge in [-0.05, 0) is 32.9 Å². The van der Waals surface area contributed by atoms with Crippen molar-refractivity contribution < 1.29 is 19.4 Å². The molecule has 16 heavy (non-hydrogen) atoms. The van der Waals surface area contributed by atoms with Crippen LogP contribution in [0.1, 0.15) is 20.8 Å². The lowest BCUT2D eigenvalue weighted by molar-refractivity contribution is -0.157. The van der Waals surface area contributed by atoms with Crippen LogP contribution < -0.4 is 4.74 Å². The SMILES string of the molecule is CC(C)(C)OC(=O)COc1ccccc1O. The number of hydrogen-bond donors (Lipinski definition) is 1. The van der Waals surface area contributed by atoms with Crippen LogP contribution in [0.2, 0.25) is 0 Å². The first-order chi connectivity index (χ1) is 7.38. The molecular weight excluding hydrogens is 208 g/mol. The Bertz CT molecular complexity index is 366. The number of aromatic hydroxyl groups is 1. The van der Waals surface area contributed by atoms with Crippen LogP contribution in [0.25, 0.3) is 0 Å². The van der Waals surface area contributed by atoms with Gasteiger partial charge in [-0.3, -0.25) is 0 Å².